The zero-order valence-corrected chi connectivity index (χ0v) is 23.8. The lowest BCUT2D eigenvalue weighted by Crippen LogP contribution is -2.18. The van der Waals surface area contributed by atoms with Crippen LogP contribution in [0.15, 0.2) is 12.1 Å². The van der Waals surface area contributed by atoms with Crippen LogP contribution in [0, 0.1) is 0 Å². The molecule has 2 nitrogen and oxygen atoms in total. The molecule has 34 heavy (non-hydrogen) atoms. The van der Waals surface area contributed by atoms with E-state index < -0.39 is 0 Å². The Morgan fingerprint density at radius 2 is 0.941 bits per heavy atom. The third-order valence-electron chi connectivity index (χ3n) is 7.06. The second-order valence-corrected chi connectivity index (χ2v) is 12.5. The maximum atomic E-state index is 13.0. The van der Waals surface area contributed by atoms with Crippen molar-refractivity contribution in [1.29, 1.82) is 0 Å². The summed E-state index contributed by atoms with van der Waals surface area (Å²) in [5, 5.41) is 10.9. The molecule has 1 N–H and O–H groups in total. The molecule has 0 radical (unpaired) electrons. The number of ketones is 1. The summed E-state index contributed by atoms with van der Waals surface area (Å²) in [7, 11) is 0. The molecule has 0 fully saturated rings. The highest BCUT2D eigenvalue weighted by Gasteiger charge is 2.27. The Kier molecular flexibility index (Phi) is 14.1. The second-order valence-electron chi connectivity index (χ2n) is 12.5. The number of hydrogen-bond acceptors (Lipinski definition) is 2. The average molecular weight is 473 g/mol. The van der Waals surface area contributed by atoms with Crippen LogP contribution in [0.5, 0.6) is 5.75 Å². The zero-order valence-electron chi connectivity index (χ0n) is 23.8. The van der Waals surface area contributed by atoms with E-state index in [9.17, 15) is 9.90 Å². The molecule has 0 bridgehead atoms. The van der Waals surface area contributed by atoms with Gasteiger partial charge in [0, 0.05) is 23.1 Å². The van der Waals surface area contributed by atoms with E-state index in [1.807, 2.05) is 12.1 Å². The van der Waals surface area contributed by atoms with Gasteiger partial charge in [-0.2, -0.15) is 0 Å². The molecule has 0 aromatic heterocycles. The van der Waals surface area contributed by atoms with E-state index in [-0.39, 0.29) is 16.6 Å². The Morgan fingerprint density at radius 3 is 1.26 bits per heavy atom. The highest BCUT2D eigenvalue weighted by Crippen LogP contribution is 2.40. The van der Waals surface area contributed by atoms with Crippen LogP contribution in [0.25, 0.3) is 0 Å². The van der Waals surface area contributed by atoms with E-state index in [1.165, 1.54) is 83.5 Å². The van der Waals surface area contributed by atoms with Gasteiger partial charge in [0.05, 0.1) is 0 Å². The largest absolute Gasteiger partial charge is 0.507 e. The first-order chi connectivity index (χ1) is 16.0. The molecule has 0 saturated heterocycles. The number of phenols is 1. The lowest BCUT2D eigenvalue weighted by molar-refractivity contribution is 0.0979. The molecule has 0 heterocycles. The summed E-state index contributed by atoms with van der Waals surface area (Å²) in [4.78, 5) is 13.0. The Balaban J connectivity index is 2.29. The van der Waals surface area contributed by atoms with Crippen molar-refractivity contribution in [2.24, 2.45) is 0 Å². The number of Topliss-reactive ketones (excluding diaryl/α,β-unsaturated/α-hetero) is 1. The number of carbonyl (C=O) groups excluding carboxylic acids is 1. The molecule has 0 spiro atoms. The monoisotopic (exact) mass is 472 g/mol. The fraction of sp³-hybridized carbons (Fsp3) is 0.781. The zero-order chi connectivity index (χ0) is 25.6. The van der Waals surface area contributed by atoms with Crippen LogP contribution in [-0.4, -0.2) is 10.9 Å². The quantitative estimate of drug-likeness (QED) is 0.181. The number of carbonyl (C=O) groups is 1. The average Bonchev–Trinajstić information content (AvgIpc) is 2.74. The van der Waals surface area contributed by atoms with E-state index in [0.29, 0.717) is 12.2 Å². The first kappa shape index (κ1) is 30.7. The molecule has 0 unspecified atom stereocenters. The number of rotatable bonds is 17. The Labute approximate surface area is 212 Å². The molecule has 1 aromatic carbocycles. The Morgan fingerprint density at radius 1 is 0.618 bits per heavy atom. The predicted molar refractivity (Wildman–Crippen MR) is 149 cm³/mol. The van der Waals surface area contributed by atoms with Gasteiger partial charge >= 0.3 is 0 Å². The summed E-state index contributed by atoms with van der Waals surface area (Å²) in [5.74, 6) is 0.564. The Bertz CT molecular complexity index is 668. The summed E-state index contributed by atoms with van der Waals surface area (Å²) in [6, 6.07) is 3.86. The van der Waals surface area contributed by atoms with Crippen molar-refractivity contribution >= 4 is 5.78 Å². The third-order valence-corrected chi connectivity index (χ3v) is 7.06. The number of phenolic OH excluding ortho intramolecular Hbond substituents is 1. The van der Waals surface area contributed by atoms with Crippen LogP contribution >= 0.6 is 0 Å². The molecule has 2 heteroatoms. The molecule has 0 aliphatic heterocycles. The SMILES string of the molecule is CCCCCCCCCCCCCCCCCC(=O)c1cc(C(C)(C)C)c(O)c(C(C)(C)C)c1. The van der Waals surface area contributed by atoms with Crippen molar-refractivity contribution in [3.05, 3.63) is 28.8 Å². The molecule has 1 aromatic rings. The predicted octanol–water partition coefficient (Wildman–Crippen LogP) is 10.4. The fourth-order valence-electron chi connectivity index (χ4n) is 4.74. The number of aromatic hydroxyl groups is 1. The molecular weight excluding hydrogens is 416 g/mol. The van der Waals surface area contributed by atoms with E-state index in [0.717, 1.165) is 29.5 Å². The van der Waals surface area contributed by atoms with Crippen molar-refractivity contribution in [2.75, 3.05) is 0 Å². The van der Waals surface area contributed by atoms with Crippen LogP contribution in [0.2, 0.25) is 0 Å². The molecule has 1 rings (SSSR count). The second kappa shape index (κ2) is 15.6. The van der Waals surface area contributed by atoms with Gasteiger partial charge in [0.2, 0.25) is 0 Å². The van der Waals surface area contributed by atoms with Gasteiger partial charge < -0.3 is 5.11 Å². The van der Waals surface area contributed by atoms with Crippen molar-refractivity contribution < 1.29 is 9.90 Å². The van der Waals surface area contributed by atoms with Crippen molar-refractivity contribution in [2.45, 2.75) is 162 Å². The molecule has 0 saturated carbocycles. The van der Waals surface area contributed by atoms with Gasteiger partial charge in [-0.25, -0.2) is 0 Å². The highest BCUT2D eigenvalue weighted by atomic mass is 16.3. The minimum atomic E-state index is -0.199. The van der Waals surface area contributed by atoms with Crippen molar-refractivity contribution in [1.82, 2.24) is 0 Å². The highest BCUT2D eigenvalue weighted by molar-refractivity contribution is 5.96. The molecular formula is C32H56O2. The molecule has 196 valence electrons. The standard InChI is InChI=1S/C32H56O2/c1-8-9-10-11-12-13-14-15-16-17-18-19-20-21-22-23-29(33)26-24-27(31(2,3)4)30(34)28(25-26)32(5,6)7/h24-25,34H,8-23H2,1-7H3. The third kappa shape index (κ3) is 11.9. The van der Waals surface area contributed by atoms with E-state index >= 15 is 0 Å². The van der Waals surface area contributed by atoms with Gasteiger partial charge in [-0.05, 0) is 29.4 Å². The first-order valence-electron chi connectivity index (χ1n) is 14.4. The van der Waals surface area contributed by atoms with E-state index in [4.69, 9.17) is 0 Å². The topological polar surface area (TPSA) is 37.3 Å². The molecule has 0 aliphatic carbocycles. The summed E-state index contributed by atoms with van der Waals surface area (Å²) >= 11 is 0. The van der Waals surface area contributed by atoms with Crippen molar-refractivity contribution in [3.63, 3.8) is 0 Å². The van der Waals surface area contributed by atoms with Crippen LogP contribution in [0.1, 0.15) is 173 Å². The normalized spacial score (nSPS) is 12.3. The summed E-state index contributed by atoms with van der Waals surface area (Å²) < 4.78 is 0. The maximum absolute atomic E-state index is 13.0. The number of benzene rings is 1. The minimum absolute atomic E-state index is 0.199. The maximum Gasteiger partial charge on any atom is 0.162 e. The van der Waals surface area contributed by atoms with Gasteiger partial charge in [-0.1, -0.05) is 138 Å². The lowest BCUT2D eigenvalue weighted by Gasteiger charge is -2.28. The van der Waals surface area contributed by atoms with Gasteiger partial charge in [0.25, 0.3) is 0 Å². The lowest BCUT2D eigenvalue weighted by atomic mass is 9.78. The molecule has 0 atom stereocenters. The Hall–Kier alpha value is -1.31. The van der Waals surface area contributed by atoms with Gasteiger partial charge in [0.1, 0.15) is 5.75 Å². The summed E-state index contributed by atoms with van der Waals surface area (Å²) in [6.45, 7) is 14.8. The molecule has 0 aliphatic rings. The first-order valence-corrected chi connectivity index (χ1v) is 14.4. The smallest absolute Gasteiger partial charge is 0.162 e. The van der Waals surface area contributed by atoms with Crippen LogP contribution in [-0.2, 0) is 10.8 Å². The van der Waals surface area contributed by atoms with Crippen LogP contribution in [0.3, 0.4) is 0 Å². The van der Waals surface area contributed by atoms with Crippen molar-refractivity contribution in [3.8, 4) is 5.75 Å². The number of hydrogen-bond donors (Lipinski definition) is 1. The summed E-state index contributed by atoms with van der Waals surface area (Å²) in [5.41, 5.74) is 2.11. The van der Waals surface area contributed by atoms with Gasteiger partial charge in [-0.15, -0.1) is 0 Å². The van der Waals surface area contributed by atoms with Crippen LogP contribution < -0.4 is 0 Å². The summed E-state index contributed by atoms with van der Waals surface area (Å²) in [6.07, 6.45) is 20.6. The van der Waals surface area contributed by atoms with Gasteiger partial charge in [0.15, 0.2) is 5.78 Å². The van der Waals surface area contributed by atoms with Crippen LogP contribution in [0.4, 0.5) is 0 Å². The van der Waals surface area contributed by atoms with E-state index in [2.05, 4.69) is 48.5 Å². The minimum Gasteiger partial charge on any atom is -0.507 e. The molecule has 0 amide bonds. The fourth-order valence-corrected chi connectivity index (χ4v) is 4.74. The van der Waals surface area contributed by atoms with E-state index in [1.54, 1.807) is 0 Å². The number of unbranched alkanes of at least 4 members (excludes halogenated alkanes) is 14. The van der Waals surface area contributed by atoms with Gasteiger partial charge in [-0.3, -0.25) is 4.79 Å².